The van der Waals surface area contributed by atoms with E-state index in [2.05, 4.69) is 49.8 Å². The van der Waals surface area contributed by atoms with E-state index in [-0.39, 0.29) is 10.9 Å². The first kappa shape index (κ1) is 14.6. The van der Waals surface area contributed by atoms with E-state index in [0.29, 0.717) is 16.0 Å². The van der Waals surface area contributed by atoms with Gasteiger partial charge in [-0.1, -0.05) is 20.8 Å². The largest absolute Gasteiger partial charge is 0.540 e. The van der Waals surface area contributed by atoms with Crippen molar-refractivity contribution in [1.82, 2.24) is 0 Å². The zero-order valence-corrected chi connectivity index (χ0v) is 14.4. The Morgan fingerprint density at radius 2 is 1.89 bits per heavy atom. The summed E-state index contributed by atoms with van der Waals surface area (Å²) in [5.74, 6) is 0.370. The maximum atomic E-state index is 13.2. The zero-order chi connectivity index (χ0) is 14.4. The molecule has 19 heavy (non-hydrogen) atoms. The van der Waals surface area contributed by atoms with Gasteiger partial charge in [0.25, 0.3) is 8.32 Å². The molecule has 0 saturated heterocycles. The standard InChI is InChI=1S/C14H18BrFO2Si/c1-14(2,3)19(4,5)18-12-10-7-6-9(16)8-11(10)17-13(12)15/h6-8H,1-5H3. The van der Waals surface area contributed by atoms with Crippen LogP contribution < -0.4 is 4.43 Å². The van der Waals surface area contributed by atoms with Crippen LogP contribution in [0.1, 0.15) is 20.8 Å². The zero-order valence-electron chi connectivity index (χ0n) is 11.8. The lowest BCUT2D eigenvalue weighted by Gasteiger charge is -2.36. The van der Waals surface area contributed by atoms with Crippen LogP contribution in [0.2, 0.25) is 18.1 Å². The van der Waals surface area contributed by atoms with Crippen LogP contribution in [0.15, 0.2) is 27.3 Å². The summed E-state index contributed by atoms with van der Waals surface area (Å²) >= 11 is 3.36. The van der Waals surface area contributed by atoms with E-state index in [0.717, 1.165) is 5.39 Å². The molecule has 0 unspecified atom stereocenters. The van der Waals surface area contributed by atoms with Gasteiger partial charge < -0.3 is 8.84 Å². The second-order valence-electron chi connectivity index (χ2n) is 6.21. The molecule has 0 aliphatic rings. The summed E-state index contributed by atoms with van der Waals surface area (Å²) < 4.78 is 25.5. The smallest absolute Gasteiger partial charge is 0.250 e. The van der Waals surface area contributed by atoms with Crippen molar-refractivity contribution in [3.8, 4) is 5.75 Å². The lowest BCUT2D eigenvalue weighted by Crippen LogP contribution is -2.43. The van der Waals surface area contributed by atoms with E-state index in [1.165, 1.54) is 12.1 Å². The van der Waals surface area contributed by atoms with Crippen LogP contribution in [0.25, 0.3) is 11.0 Å². The minimum absolute atomic E-state index is 0.0933. The molecule has 0 fully saturated rings. The van der Waals surface area contributed by atoms with Crippen LogP contribution in [-0.4, -0.2) is 8.32 Å². The predicted molar refractivity (Wildman–Crippen MR) is 81.7 cm³/mol. The molecule has 0 atom stereocenters. The van der Waals surface area contributed by atoms with Crippen LogP contribution in [0.5, 0.6) is 5.75 Å². The number of furan rings is 1. The Kier molecular flexibility index (Phi) is 3.56. The van der Waals surface area contributed by atoms with Gasteiger partial charge in [-0.25, -0.2) is 4.39 Å². The van der Waals surface area contributed by atoms with Gasteiger partial charge >= 0.3 is 0 Å². The highest BCUT2D eigenvalue weighted by Crippen LogP contribution is 2.43. The molecule has 0 amide bonds. The van der Waals surface area contributed by atoms with E-state index in [4.69, 9.17) is 8.84 Å². The maximum absolute atomic E-state index is 13.2. The van der Waals surface area contributed by atoms with Gasteiger partial charge in [0.15, 0.2) is 5.75 Å². The highest BCUT2D eigenvalue weighted by molar-refractivity contribution is 9.10. The maximum Gasteiger partial charge on any atom is 0.250 e. The topological polar surface area (TPSA) is 22.4 Å². The fourth-order valence-electron chi connectivity index (χ4n) is 1.52. The molecule has 0 aliphatic heterocycles. The Hall–Kier alpha value is -0.813. The van der Waals surface area contributed by atoms with E-state index in [1.807, 2.05) is 0 Å². The summed E-state index contributed by atoms with van der Waals surface area (Å²) in [5.41, 5.74) is 0.501. The quantitative estimate of drug-likeness (QED) is 0.650. The van der Waals surface area contributed by atoms with Crippen molar-refractivity contribution in [2.75, 3.05) is 0 Å². The van der Waals surface area contributed by atoms with Crippen molar-refractivity contribution in [1.29, 1.82) is 0 Å². The molecule has 0 spiro atoms. The summed E-state index contributed by atoms with van der Waals surface area (Å²) in [6.07, 6.45) is 0. The van der Waals surface area contributed by atoms with Crippen molar-refractivity contribution in [2.24, 2.45) is 0 Å². The fraction of sp³-hybridized carbons (Fsp3) is 0.429. The number of halogens is 2. The second-order valence-corrected chi connectivity index (χ2v) is 11.7. The normalized spacial score (nSPS) is 13.0. The molecule has 0 bridgehead atoms. The average Bonchev–Trinajstić information content (AvgIpc) is 2.52. The van der Waals surface area contributed by atoms with Crippen molar-refractivity contribution in [3.63, 3.8) is 0 Å². The lowest BCUT2D eigenvalue weighted by atomic mass is 10.2. The van der Waals surface area contributed by atoms with Gasteiger partial charge in [-0.3, -0.25) is 0 Å². The fourth-order valence-corrected chi connectivity index (χ4v) is 3.16. The number of fused-ring (bicyclic) bond motifs is 1. The third-order valence-corrected chi connectivity index (χ3v) is 8.58. The molecule has 5 heteroatoms. The summed E-state index contributed by atoms with van der Waals surface area (Å²) in [4.78, 5) is 0. The van der Waals surface area contributed by atoms with Gasteiger partial charge in [0.1, 0.15) is 11.4 Å². The third-order valence-electron chi connectivity index (χ3n) is 3.73. The Labute approximate surface area is 122 Å². The molecule has 0 radical (unpaired) electrons. The molecule has 0 saturated carbocycles. The van der Waals surface area contributed by atoms with Crippen LogP contribution >= 0.6 is 15.9 Å². The molecule has 0 N–H and O–H groups in total. The Balaban J connectivity index is 2.49. The predicted octanol–water partition coefficient (Wildman–Crippen LogP) is 5.72. The molecule has 1 aromatic carbocycles. The Bertz CT molecular complexity index is 614. The monoisotopic (exact) mass is 344 g/mol. The first-order chi connectivity index (χ1) is 8.62. The van der Waals surface area contributed by atoms with Gasteiger partial charge in [0, 0.05) is 6.07 Å². The third kappa shape index (κ3) is 2.72. The van der Waals surface area contributed by atoms with Gasteiger partial charge in [-0.05, 0) is 46.2 Å². The summed E-state index contributed by atoms with van der Waals surface area (Å²) in [6.45, 7) is 10.9. The minimum Gasteiger partial charge on any atom is -0.540 e. The molecule has 1 heterocycles. The first-order valence-corrected chi connectivity index (χ1v) is 9.88. The van der Waals surface area contributed by atoms with Crippen LogP contribution in [0, 0.1) is 5.82 Å². The van der Waals surface area contributed by atoms with Crippen LogP contribution in [0.3, 0.4) is 0 Å². The lowest BCUT2D eigenvalue weighted by molar-refractivity contribution is 0.473. The summed E-state index contributed by atoms with van der Waals surface area (Å²) in [5, 5.41) is 0.897. The molecular weight excluding hydrogens is 327 g/mol. The van der Waals surface area contributed by atoms with Gasteiger partial charge in [-0.2, -0.15) is 0 Å². The second kappa shape index (κ2) is 4.63. The van der Waals surface area contributed by atoms with Crippen molar-refractivity contribution < 1.29 is 13.2 Å². The molecule has 2 nitrogen and oxygen atoms in total. The Morgan fingerprint density at radius 1 is 1.26 bits per heavy atom. The van der Waals surface area contributed by atoms with Crippen molar-refractivity contribution >= 4 is 35.2 Å². The van der Waals surface area contributed by atoms with Gasteiger partial charge in [0.05, 0.1) is 5.39 Å². The number of hydrogen-bond donors (Lipinski definition) is 0. The van der Waals surface area contributed by atoms with Gasteiger partial charge in [-0.15, -0.1) is 0 Å². The highest BCUT2D eigenvalue weighted by Gasteiger charge is 2.40. The highest BCUT2D eigenvalue weighted by atomic mass is 79.9. The SMILES string of the molecule is CC(C)(C)[Si](C)(C)Oc1c(Br)oc2cc(F)ccc12. The average molecular weight is 345 g/mol. The van der Waals surface area contributed by atoms with E-state index in [9.17, 15) is 4.39 Å². The summed E-state index contributed by atoms with van der Waals surface area (Å²) in [7, 11) is -1.96. The molecule has 0 aliphatic carbocycles. The van der Waals surface area contributed by atoms with E-state index in [1.54, 1.807) is 6.07 Å². The number of benzene rings is 1. The van der Waals surface area contributed by atoms with Gasteiger partial charge in [0.2, 0.25) is 4.67 Å². The van der Waals surface area contributed by atoms with Crippen LogP contribution in [-0.2, 0) is 0 Å². The molecule has 2 rings (SSSR count). The number of rotatable bonds is 2. The van der Waals surface area contributed by atoms with E-state index >= 15 is 0 Å². The summed E-state index contributed by atoms with van der Waals surface area (Å²) in [6, 6.07) is 4.49. The van der Waals surface area contributed by atoms with Crippen LogP contribution in [0.4, 0.5) is 4.39 Å². The molecular formula is C14H18BrFO2Si. The van der Waals surface area contributed by atoms with Crippen molar-refractivity contribution in [2.45, 2.75) is 38.9 Å². The molecule has 1 aromatic heterocycles. The molecule has 104 valence electrons. The first-order valence-electron chi connectivity index (χ1n) is 6.18. The Morgan fingerprint density at radius 3 is 2.47 bits per heavy atom. The van der Waals surface area contributed by atoms with Crippen molar-refractivity contribution in [3.05, 3.63) is 28.7 Å². The van der Waals surface area contributed by atoms with E-state index < -0.39 is 8.32 Å². The molecule has 2 aromatic rings. The number of hydrogen-bond acceptors (Lipinski definition) is 2. The minimum atomic E-state index is -1.96.